The van der Waals surface area contributed by atoms with E-state index in [1.165, 1.54) is 0 Å². The first-order valence-electron chi connectivity index (χ1n) is 6.41. The Balaban J connectivity index is 2.33. The molecule has 1 aliphatic rings. The SMILES string of the molecule is C=CC(C(C)CC)N1Cc2c(N)cccc2C1=O. The maximum Gasteiger partial charge on any atom is 0.255 e. The average Bonchev–Trinajstić information content (AvgIpc) is 2.70. The van der Waals surface area contributed by atoms with Crippen LogP contribution in [-0.4, -0.2) is 16.8 Å². The summed E-state index contributed by atoms with van der Waals surface area (Å²) in [6, 6.07) is 5.61. The largest absolute Gasteiger partial charge is 0.398 e. The summed E-state index contributed by atoms with van der Waals surface area (Å²) in [5.41, 5.74) is 8.34. The predicted molar refractivity (Wildman–Crippen MR) is 74.2 cm³/mol. The molecule has 1 aromatic rings. The van der Waals surface area contributed by atoms with Crippen molar-refractivity contribution >= 4 is 11.6 Å². The smallest absolute Gasteiger partial charge is 0.255 e. The molecule has 2 unspecified atom stereocenters. The normalized spacial score (nSPS) is 17.4. The van der Waals surface area contributed by atoms with Gasteiger partial charge >= 0.3 is 0 Å². The summed E-state index contributed by atoms with van der Waals surface area (Å²) in [6.45, 7) is 8.74. The summed E-state index contributed by atoms with van der Waals surface area (Å²) in [5, 5.41) is 0. The molecule has 3 nitrogen and oxygen atoms in total. The number of hydrogen-bond donors (Lipinski definition) is 1. The van der Waals surface area contributed by atoms with Crippen LogP contribution in [0.15, 0.2) is 30.9 Å². The second kappa shape index (κ2) is 4.84. The van der Waals surface area contributed by atoms with E-state index in [1.807, 2.05) is 29.2 Å². The first-order valence-corrected chi connectivity index (χ1v) is 6.41. The van der Waals surface area contributed by atoms with E-state index in [-0.39, 0.29) is 11.9 Å². The zero-order valence-electron chi connectivity index (χ0n) is 11.0. The van der Waals surface area contributed by atoms with Gasteiger partial charge < -0.3 is 10.6 Å². The fraction of sp³-hybridized carbons (Fsp3) is 0.400. The van der Waals surface area contributed by atoms with Gasteiger partial charge in [-0.15, -0.1) is 6.58 Å². The first-order chi connectivity index (χ1) is 8.60. The molecule has 1 aliphatic heterocycles. The van der Waals surface area contributed by atoms with Crippen molar-refractivity contribution in [3.05, 3.63) is 42.0 Å². The number of rotatable bonds is 4. The minimum absolute atomic E-state index is 0.0718. The van der Waals surface area contributed by atoms with Crippen LogP contribution in [0.3, 0.4) is 0 Å². The van der Waals surface area contributed by atoms with Gasteiger partial charge in [-0.1, -0.05) is 32.4 Å². The molecule has 18 heavy (non-hydrogen) atoms. The molecule has 0 bridgehead atoms. The van der Waals surface area contributed by atoms with Gasteiger partial charge in [-0.2, -0.15) is 0 Å². The number of nitrogens with two attached hydrogens (primary N) is 1. The van der Waals surface area contributed by atoms with Crippen LogP contribution in [0.25, 0.3) is 0 Å². The van der Waals surface area contributed by atoms with Gasteiger partial charge in [0.2, 0.25) is 0 Å². The minimum atomic E-state index is 0.0718. The molecular weight excluding hydrogens is 224 g/mol. The van der Waals surface area contributed by atoms with Crippen molar-refractivity contribution in [1.29, 1.82) is 0 Å². The highest BCUT2D eigenvalue weighted by atomic mass is 16.2. The standard InChI is InChI=1S/C15H20N2O/c1-4-10(3)14(5-2)17-9-12-11(15(17)18)7-6-8-13(12)16/h5-8,10,14H,2,4,9,16H2,1,3H3. The minimum Gasteiger partial charge on any atom is -0.398 e. The highest BCUT2D eigenvalue weighted by molar-refractivity contribution is 6.00. The molecule has 0 fully saturated rings. The van der Waals surface area contributed by atoms with Crippen LogP contribution in [0.5, 0.6) is 0 Å². The third-order valence-corrected chi connectivity index (χ3v) is 3.86. The van der Waals surface area contributed by atoms with Gasteiger partial charge in [0, 0.05) is 23.4 Å². The van der Waals surface area contributed by atoms with E-state index in [2.05, 4.69) is 20.4 Å². The van der Waals surface area contributed by atoms with Gasteiger partial charge in [0.05, 0.1) is 6.04 Å². The van der Waals surface area contributed by atoms with Crippen molar-refractivity contribution < 1.29 is 4.79 Å². The van der Waals surface area contributed by atoms with Crippen molar-refractivity contribution in [2.75, 3.05) is 5.73 Å². The predicted octanol–water partition coefficient (Wildman–Crippen LogP) is 2.83. The Morgan fingerprint density at radius 1 is 1.56 bits per heavy atom. The van der Waals surface area contributed by atoms with Crippen LogP contribution in [-0.2, 0) is 6.54 Å². The molecule has 2 rings (SSSR count). The summed E-state index contributed by atoms with van der Waals surface area (Å²) >= 11 is 0. The highest BCUT2D eigenvalue weighted by Gasteiger charge is 2.34. The topological polar surface area (TPSA) is 46.3 Å². The average molecular weight is 244 g/mol. The number of hydrogen-bond acceptors (Lipinski definition) is 2. The van der Waals surface area contributed by atoms with Gasteiger partial charge in [-0.3, -0.25) is 4.79 Å². The Morgan fingerprint density at radius 2 is 2.28 bits per heavy atom. The molecule has 0 spiro atoms. The number of nitrogens with zero attached hydrogens (tertiary/aromatic N) is 1. The third-order valence-electron chi connectivity index (χ3n) is 3.86. The van der Waals surface area contributed by atoms with Gasteiger partial charge in [0.15, 0.2) is 0 Å². The molecule has 0 saturated heterocycles. The van der Waals surface area contributed by atoms with Crippen molar-refractivity contribution in [2.45, 2.75) is 32.9 Å². The number of carbonyl (C=O) groups excluding carboxylic acids is 1. The summed E-state index contributed by atoms with van der Waals surface area (Å²) < 4.78 is 0. The highest BCUT2D eigenvalue weighted by Crippen LogP contribution is 2.31. The fourth-order valence-electron chi connectivity index (χ4n) is 2.53. The van der Waals surface area contributed by atoms with E-state index in [0.717, 1.165) is 17.5 Å². The lowest BCUT2D eigenvalue weighted by molar-refractivity contribution is 0.0693. The summed E-state index contributed by atoms with van der Waals surface area (Å²) in [5.74, 6) is 0.476. The molecule has 2 N–H and O–H groups in total. The number of fused-ring (bicyclic) bond motifs is 1. The molecule has 0 aromatic heterocycles. The molecule has 1 amide bonds. The van der Waals surface area contributed by atoms with E-state index < -0.39 is 0 Å². The Morgan fingerprint density at radius 3 is 2.83 bits per heavy atom. The van der Waals surface area contributed by atoms with Gasteiger partial charge in [-0.25, -0.2) is 0 Å². The third kappa shape index (κ3) is 1.90. The molecular formula is C15H20N2O. The van der Waals surface area contributed by atoms with Gasteiger partial charge in [0.1, 0.15) is 0 Å². The summed E-state index contributed by atoms with van der Waals surface area (Å²) in [4.78, 5) is 14.3. The van der Waals surface area contributed by atoms with Crippen LogP contribution in [0, 0.1) is 5.92 Å². The Labute approximate surface area is 108 Å². The number of anilines is 1. The Bertz CT molecular complexity index is 481. The van der Waals surface area contributed by atoms with Crippen LogP contribution in [0.2, 0.25) is 0 Å². The first kappa shape index (κ1) is 12.7. The van der Waals surface area contributed by atoms with Crippen molar-refractivity contribution in [3.8, 4) is 0 Å². The van der Waals surface area contributed by atoms with Crippen molar-refractivity contribution in [2.24, 2.45) is 5.92 Å². The van der Waals surface area contributed by atoms with E-state index in [0.29, 0.717) is 18.2 Å². The molecule has 0 saturated carbocycles. The number of nitrogen functional groups attached to an aromatic ring is 1. The quantitative estimate of drug-likeness (QED) is 0.654. The van der Waals surface area contributed by atoms with Gasteiger partial charge in [0.25, 0.3) is 5.91 Å². The lowest BCUT2D eigenvalue weighted by atomic mass is 9.98. The van der Waals surface area contributed by atoms with E-state index in [9.17, 15) is 4.79 Å². The second-order valence-corrected chi connectivity index (χ2v) is 4.92. The number of benzene rings is 1. The zero-order chi connectivity index (χ0) is 13.3. The maximum atomic E-state index is 12.4. The molecule has 1 heterocycles. The van der Waals surface area contributed by atoms with Gasteiger partial charge in [-0.05, 0) is 18.1 Å². The Kier molecular flexibility index (Phi) is 3.41. The molecule has 2 atom stereocenters. The van der Waals surface area contributed by atoms with Crippen LogP contribution in [0.1, 0.15) is 36.2 Å². The lowest BCUT2D eigenvalue weighted by Gasteiger charge is -2.29. The van der Waals surface area contributed by atoms with Crippen LogP contribution in [0.4, 0.5) is 5.69 Å². The molecule has 0 radical (unpaired) electrons. The zero-order valence-corrected chi connectivity index (χ0v) is 11.0. The number of carbonyl (C=O) groups is 1. The second-order valence-electron chi connectivity index (χ2n) is 4.92. The lowest BCUT2D eigenvalue weighted by Crippen LogP contribution is -2.38. The summed E-state index contributed by atoms with van der Waals surface area (Å²) in [7, 11) is 0. The molecule has 3 heteroatoms. The molecule has 96 valence electrons. The monoisotopic (exact) mass is 244 g/mol. The number of amides is 1. The maximum absolute atomic E-state index is 12.4. The van der Waals surface area contributed by atoms with Crippen LogP contribution >= 0.6 is 0 Å². The fourth-order valence-corrected chi connectivity index (χ4v) is 2.53. The van der Waals surface area contributed by atoms with E-state index in [1.54, 1.807) is 0 Å². The Hall–Kier alpha value is -1.77. The summed E-state index contributed by atoms with van der Waals surface area (Å²) in [6.07, 6.45) is 2.89. The molecule has 0 aliphatic carbocycles. The van der Waals surface area contributed by atoms with Crippen molar-refractivity contribution in [3.63, 3.8) is 0 Å². The van der Waals surface area contributed by atoms with E-state index in [4.69, 9.17) is 5.73 Å². The van der Waals surface area contributed by atoms with Crippen molar-refractivity contribution in [1.82, 2.24) is 4.90 Å². The molecule has 1 aromatic carbocycles. The van der Waals surface area contributed by atoms with E-state index >= 15 is 0 Å². The van der Waals surface area contributed by atoms with Crippen LogP contribution < -0.4 is 5.73 Å².